The van der Waals surface area contributed by atoms with Gasteiger partial charge in [-0.15, -0.1) is 0 Å². The summed E-state index contributed by atoms with van der Waals surface area (Å²) in [5.74, 6) is 0. The van der Waals surface area contributed by atoms with Crippen LogP contribution in [0.15, 0.2) is 18.2 Å². The normalized spacial score (nSPS) is 12.2. The van der Waals surface area contributed by atoms with E-state index in [1.54, 1.807) is 0 Å². The summed E-state index contributed by atoms with van der Waals surface area (Å²) in [5.41, 5.74) is 3.69. The van der Waals surface area contributed by atoms with Crippen LogP contribution in [-0.4, -0.2) is 20.6 Å². The number of thioether (sulfide) groups is 1. The summed E-state index contributed by atoms with van der Waals surface area (Å²) in [5, 5.41) is 0. The highest BCUT2D eigenvalue weighted by molar-refractivity contribution is 8.00. The van der Waals surface area contributed by atoms with Crippen molar-refractivity contribution in [1.29, 1.82) is 0 Å². The molecular weight excluding hydrogens is 272 g/mol. The molecule has 0 bridgehead atoms. The second kappa shape index (κ2) is 5.71. The van der Waals surface area contributed by atoms with Crippen molar-refractivity contribution in [2.24, 2.45) is 0 Å². The average Bonchev–Trinajstić information content (AvgIpc) is 2.73. The number of fused-ring (bicyclic) bond motifs is 1. The highest BCUT2D eigenvalue weighted by atomic mass is 32.2. The van der Waals surface area contributed by atoms with Crippen molar-refractivity contribution in [3.8, 4) is 0 Å². The summed E-state index contributed by atoms with van der Waals surface area (Å²) in [6, 6.07) is 6.34. The molecule has 0 aliphatic heterocycles. The first kappa shape index (κ1) is 14.7. The second-order valence-corrected chi connectivity index (χ2v) is 6.74. The molecule has 1 aromatic carbocycles. The summed E-state index contributed by atoms with van der Waals surface area (Å²) in [6.07, 6.45) is 4.52. The monoisotopic (exact) mass is 294 g/mol. The summed E-state index contributed by atoms with van der Waals surface area (Å²) >= 11 is 7.48. The number of hydrogen-bond donors (Lipinski definition) is 1. The first-order chi connectivity index (χ1) is 9.06. The first-order valence-electron chi connectivity index (χ1n) is 6.80. The molecule has 2 nitrogen and oxygen atoms in total. The molecule has 1 heterocycles. The Morgan fingerprint density at radius 1 is 1.32 bits per heavy atom. The largest absolute Gasteiger partial charge is 0.331 e. The lowest BCUT2D eigenvalue weighted by atomic mass is 10.0. The third kappa shape index (κ3) is 2.61. The van der Waals surface area contributed by atoms with Gasteiger partial charge in [0.25, 0.3) is 0 Å². The molecule has 0 radical (unpaired) electrons. The molecule has 2 rings (SSSR count). The van der Waals surface area contributed by atoms with Crippen LogP contribution >= 0.6 is 24.0 Å². The van der Waals surface area contributed by atoms with E-state index in [2.05, 4.69) is 54.8 Å². The van der Waals surface area contributed by atoms with Gasteiger partial charge in [-0.3, -0.25) is 0 Å². The van der Waals surface area contributed by atoms with Crippen LogP contribution in [0.3, 0.4) is 0 Å². The van der Waals surface area contributed by atoms with Gasteiger partial charge in [0.1, 0.15) is 0 Å². The highest BCUT2D eigenvalue weighted by Crippen LogP contribution is 2.34. The molecule has 0 atom stereocenters. The third-order valence-electron chi connectivity index (χ3n) is 4.16. The number of nitrogens with zero attached hydrogens (tertiary/aromatic N) is 1. The fourth-order valence-corrected chi connectivity index (χ4v) is 3.77. The molecule has 19 heavy (non-hydrogen) atoms. The van der Waals surface area contributed by atoms with Crippen LogP contribution in [0, 0.1) is 11.7 Å². The van der Waals surface area contributed by atoms with Gasteiger partial charge in [-0.05, 0) is 49.9 Å². The Hall–Kier alpha value is -0.740. The van der Waals surface area contributed by atoms with Crippen molar-refractivity contribution < 1.29 is 0 Å². The lowest BCUT2D eigenvalue weighted by molar-refractivity contribution is 0.470. The molecule has 1 aromatic heterocycles. The number of rotatable bonds is 5. The molecule has 4 heteroatoms. The van der Waals surface area contributed by atoms with Gasteiger partial charge in [0, 0.05) is 11.3 Å². The Balaban J connectivity index is 2.57. The van der Waals surface area contributed by atoms with Crippen LogP contribution in [0.2, 0.25) is 0 Å². The number of benzene rings is 1. The zero-order valence-electron chi connectivity index (χ0n) is 12.1. The van der Waals surface area contributed by atoms with Crippen LogP contribution in [0.1, 0.15) is 32.3 Å². The zero-order chi connectivity index (χ0) is 14.0. The average molecular weight is 294 g/mol. The molecule has 0 saturated heterocycles. The zero-order valence-corrected chi connectivity index (χ0v) is 13.8. The number of aromatic nitrogens is 2. The Bertz CT molecular complexity index is 612. The fraction of sp³-hybridized carbons (Fsp3) is 0.533. The Morgan fingerprint density at radius 2 is 2.00 bits per heavy atom. The van der Waals surface area contributed by atoms with E-state index in [0.29, 0.717) is 0 Å². The van der Waals surface area contributed by atoms with Crippen molar-refractivity contribution in [2.45, 2.75) is 44.9 Å². The van der Waals surface area contributed by atoms with Gasteiger partial charge in [-0.1, -0.05) is 26.0 Å². The Labute approximate surface area is 124 Å². The van der Waals surface area contributed by atoms with Gasteiger partial charge >= 0.3 is 0 Å². The van der Waals surface area contributed by atoms with Gasteiger partial charge in [-0.25, -0.2) is 0 Å². The predicted molar refractivity (Wildman–Crippen MR) is 88.7 cm³/mol. The van der Waals surface area contributed by atoms with Crippen molar-refractivity contribution >= 4 is 35.0 Å². The maximum atomic E-state index is 5.52. The number of nitrogens with one attached hydrogen (secondary N) is 1. The van der Waals surface area contributed by atoms with Crippen LogP contribution in [0.4, 0.5) is 0 Å². The number of aromatic amines is 1. The molecule has 2 aromatic rings. The minimum atomic E-state index is 0.273. The number of imidazole rings is 1. The number of hydrogen-bond acceptors (Lipinski definition) is 2. The maximum Gasteiger partial charge on any atom is 0.178 e. The summed E-state index contributed by atoms with van der Waals surface area (Å²) < 4.78 is 3.39. The van der Waals surface area contributed by atoms with E-state index in [-0.39, 0.29) is 4.75 Å². The summed E-state index contributed by atoms with van der Waals surface area (Å²) in [6.45, 7) is 7.67. The number of H-pyrrole nitrogens is 1. The SMILES string of the molecule is CCC(CC)(Cn1c(=S)[nH]c2cccc(C)c21)SC. The molecule has 0 aliphatic rings. The van der Waals surface area contributed by atoms with E-state index in [0.717, 1.165) is 29.7 Å². The van der Waals surface area contributed by atoms with Gasteiger partial charge in [0.15, 0.2) is 4.77 Å². The van der Waals surface area contributed by atoms with Crippen LogP contribution in [0.25, 0.3) is 11.0 Å². The van der Waals surface area contributed by atoms with Crippen molar-refractivity contribution in [3.05, 3.63) is 28.5 Å². The molecular formula is C15H22N2S2. The topological polar surface area (TPSA) is 20.7 Å². The van der Waals surface area contributed by atoms with Crippen LogP contribution in [0.5, 0.6) is 0 Å². The standard InChI is InChI=1S/C15H22N2S2/c1-5-15(6-2,19-4)10-17-13-11(3)8-7-9-12(13)16-14(17)18/h7-9H,5-6,10H2,1-4H3,(H,16,18). The molecule has 1 N–H and O–H groups in total. The minimum absolute atomic E-state index is 0.273. The number of aryl methyl sites for hydroxylation is 1. The van der Waals surface area contributed by atoms with E-state index >= 15 is 0 Å². The Morgan fingerprint density at radius 3 is 2.58 bits per heavy atom. The number of para-hydroxylation sites is 1. The molecule has 0 aliphatic carbocycles. The molecule has 0 amide bonds. The predicted octanol–water partition coefficient (Wildman–Crippen LogP) is 4.93. The van der Waals surface area contributed by atoms with E-state index in [4.69, 9.17) is 12.2 Å². The maximum absolute atomic E-state index is 5.52. The summed E-state index contributed by atoms with van der Waals surface area (Å²) in [7, 11) is 0. The van der Waals surface area contributed by atoms with Gasteiger partial charge in [-0.2, -0.15) is 11.8 Å². The Kier molecular flexibility index (Phi) is 4.41. The lowest BCUT2D eigenvalue weighted by Crippen LogP contribution is -2.29. The van der Waals surface area contributed by atoms with E-state index in [9.17, 15) is 0 Å². The van der Waals surface area contributed by atoms with Crippen LogP contribution in [-0.2, 0) is 6.54 Å². The van der Waals surface area contributed by atoms with Crippen molar-refractivity contribution in [3.63, 3.8) is 0 Å². The van der Waals surface area contributed by atoms with Gasteiger partial charge in [0.05, 0.1) is 11.0 Å². The smallest absolute Gasteiger partial charge is 0.178 e. The third-order valence-corrected chi connectivity index (χ3v) is 6.06. The molecule has 104 valence electrons. The minimum Gasteiger partial charge on any atom is -0.331 e. The van der Waals surface area contributed by atoms with E-state index in [1.807, 2.05) is 11.8 Å². The molecule has 0 saturated carbocycles. The van der Waals surface area contributed by atoms with Crippen molar-refractivity contribution in [2.75, 3.05) is 6.26 Å². The highest BCUT2D eigenvalue weighted by Gasteiger charge is 2.26. The first-order valence-corrected chi connectivity index (χ1v) is 8.43. The molecule has 0 fully saturated rings. The fourth-order valence-electron chi connectivity index (χ4n) is 2.67. The second-order valence-electron chi connectivity index (χ2n) is 5.08. The quantitative estimate of drug-likeness (QED) is 0.789. The van der Waals surface area contributed by atoms with E-state index in [1.165, 1.54) is 11.1 Å². The lowest BCUT2D eigenvalue weighted by Gasteiger charge is -2.30. The molecule has 0 spiro atoms. The van der Waals surface area contributed by atoms with E-state index < -0.39 is 0 Å². The van der Waals surface area contributed by atoms with Gasteiger partial charge in [0.2, 0.25) is 0 Å². The summed E-state index contributed by atoms with van der Waals surface area (Å²) in [4.78, 5) is 3.33. The van der Waals surface area contributed by atoms with Crippen LogP contribution < -0.4 is 0 Å². The molecule has 0 unspecified atom stereocenters. The van der Waals surface area contributed by atoms with Crippen molar-refractivity contribution in [1.82, 2.24) is 9.55 Å². The van der Waals surface area contributed by atoms with Gasteiger partial charge < -0.3 is 9.55 Å².